The van der Waals surface area contributed by atoms with Crippen molar-refractivity contribution in [3.8, 4) is 0 Å². The van der Waals surface area contributed by atoms with E-state index < -0.39 is 0 Å². The summed E-state index contributed by atoms with van der Waals surface area (Å²) in [5, 5.41) is 0. The first kappa shape index (κ1) is 11.3. The van der Waals surface area contributed by atoms with Crippen molar-refractivity contribution in [2.45, 2.75) is 44.6 Å². The lowest BCUT2D eigenvalue weighted by molar-refractivity contribution is -0.119. The van der Waals surface area contributed by atoms with E-state index in [-0.39, 0.29) is 0 Å². The predicted octanol–water partition coefficient (Wildman–Crippen LogP) is 2.74. The lowest BCUT2D eigenvalue weighted by atomic mass is 9.95. The Balaban J connectivity index is 1.75. The second-order valence-corrected chi connectivity index (χ2v) is 6.32. The van der Waals surface area contributed by atoms with Gasteiger partial charge in [0.15, 0.2) is 0 Å². The van der Waals surface area contributed by atoms with E-state index in [0.29, 0.717) is 18.4 Å². The number of rotatable bonds is 3. The van der Waals surface area contributed by atoms with Crippen LogP contribution in [0.1, 0.15) is 37.7 Å². The number of carbonyl (C=O) groups is 1. The fourth-order valence-corrected chi connectivity index (χ4v) is 3.55. The molecule has 0 radical (unpaired) electrons. The standard InChI is InChI=1S/C16H20N2O/c17-13-6-7-14-12(9-13)5-8-15(19)18(14)16(10-1-2-10)11-3-4-11/h6-7,9-11,16H,1-5,8,17H2. The number of anilines is 2. The highest BCUT2D eigenvalue weighted by Crippen LogP contribution is 2.49. The Labute approximate surface area is 113 Å². The van der Waals surface area contributed by atoms with Crippen LogP contribution in [-0.2, 0) is 11.2 Å². The molecule has 1 aromatic carbocycles. The zero-order valence-corrected chi connectivity index (χ0v) is 11.1. The maximum Gasteiger partial charge on any atom is 0.227 e. The predicted molar refractivity (Wildman–Crippen MR) is 75.9 cm³/mol. The molecule has 1 amide bonds. The van der Waals surface area contributed by atoms with Crippen LogP contribution in [0.5, 0.6) is 0 Å². The molecular formula is C16H20N2O. The molecule has 2 N–H and O–H groups in total. The minimum absolute atomic E-state index is 0.320. The minimum atomic E-state index is 0.320. The first-order valence-electron chi connectivity index (χ1n) is 7.44. The van der Waals surface area contributed by atoms with Crippen LogP contribution in [0.25, 0.3) is 0 Å². The van der Waals surface area contributed by atoms with Crippen molar-refractivity contribution in [1.29, 1.82) is 0 Å². The number of carbonyl (C=O) groups excluding carboxylic acids is 1. The van der Waals surface area contributed by atoms with E-state index in [9.17, 15) is 4.79 Å². The van der Waals surface area contributed by atoms with Gasteiger partial charge in [-0.25, -0.2) is 0 Å². The van der Waals surface area contributed by atoms with Gasteiger partial charge in [0.05, 0.1) is 0 Å². The smallest absolute Gasteiger partial charge is 0.227 e. The fourth-order valence-electron chi connectivity index (χ4n) is 3.55. The zero-order chi connectivity index (χ0) is 13.0. The zero-order valence-electron chi connectivity index (χ0n) is 11.1. The molecule has 19 heavy (non-hydrogen) atoms. The van der Waals surface area contributed by atoms with Gasteiger partial charge in [0.25, 0.3) is 0 Å². The topological polar surface area (TPSA) is 46.3 Å². The lowest BCUT2D eigenvalue weighted by Gasteiger charge is -2.37. The van der Waals surface area contributed by atoms with Crippen molar-refractivity contribution in [2.24, 2.45) is 11.8 Å². The molecule has 0 aromatic heterocycles. The number of amides is 1. The van der Waals surface area contributed by atoms with Gasteiger partial charge in [0, 0.05) is 23.8 Å². The lowest BCUT2D eigenvalue weighted by Crippen LogP contribution is -2.45. The summed E-state index contributed by atoms with van der Waals surface area (Å²) in [7, 11) is 0. The van der Waals surface area contributed by atoms with E-state index in [2.05, 4.69) is 11.0 Å². The van der Waals surface area contributed by atoms with Crippen LogP contribution in [0.2, 0.25) is 0 Å². The molecule has 0 bridgehead atoms. The number of nitrogens with zero attached hydrogens (tertiary/aromatic N) is 1. The normalized spacial score (nSPS) is 22.8. The molecule has 2 fully saturated rings. The molecule has 1 aliphatic heterocycles. The number of fused-ring (bicyclic) bond motifs is 1. The summed E-state index contributed by atoms with van der Waals surface area (Å²) in [5.74, 6) is 1.82. The number of hydrogen-bond acceptors (Lipinski definition) is 2. The van der Waals surface area contributed by atoms with Crippen LogP contribution in [-0.4, -0.2) is 11.9 Å². The number of aryl methyl sites for hydroxylation is 1. The summed E-state index contributed by atoms with van der Waals surface area (Å²) in [5.41, 5.74) is 9.08. The third-order valence-corrected chi connectivity index (χ3v) is 4.75. The third kappa shape index (κ3) is 1.92. The minimum Gasteiger partial charge on any atom is -0.399 e. The van der Waals surface area contributed by atoms with E-state index in [0.717, 1.165) is 29.6 Å². The van der Waals surface area contributed by atoms with Crippen molar-refractivity contribution in [3.05, 3.63) is 23.8 Å². The summed E-state index contributed by atoms with van der Waals surface area (Å²) in [6.45, 7) is 0. The Bertz CT molecular complexity index is 520. The third-order valence-electron chi connectivity index (χ3n) is 4.75. The van der Waals surface area contributed by atoms with E-state index in [1.807, 2.05) is 12.1 Å². The van der Waals surface area contributed by atoms with Gasteiger partial charge in [-0.15, -0.1) is 0 Å². The van der Waals surface area contributed by atoms with Crippen molar-refractivity contribution in [3.63, 3.8) is 0 Å². The summed E-state index contributed by atoms with van der Waals surface area (Å²) in [6, 6.07) is 6.50. The molecule has 100 valence electrons. The highest BCUT2D eigenvalue weighted by atomic mass is 16.2. The molecule has 0 spiro atoms. The van der Waals surface area contributed by atoms with Gasteiger partial charge in [-0.2, -0.15) is 0 Å². The van der Waals surface area contributed by atoms with Gasteiger partial charge in [-0.05, 0) is 67.7 Å². The SMILES string of the molecule is Nc1ccc2c(c1)CCC(=O)N2C(C1CC1)C1CC1. The van der Waals surface area contributed by atoms with E-state index in [1.54, 1.807) is 0 Å². The molecule has 0 unspecified atom stereocenters. The van der Waals surface area contributed by atoms with Crippen LogP contribution in [0, 0.1) is 11.8 Å². The number of nitrogens with two attached hydrogens (primary N) is 1. The maximum absolute atomic E-state index is 12.4. The first-order valence-corrected chi connectivity index (χ1v) is 7.44. The molecule has 3 aliphatic rings. The van der Waals surface area contributed by atoms with E-state index in [4.69, 9.17) is 5.73 Å². The van der Waals surface area contributed by atoms with Crippen molar-refractivity contribution >= 4 is 17.3 Å². The molecule has 4 rings (SSSR count). The van der Waals surface area contributed by atoms with Gasteiger partial charge in [0.1, 0.15) is 0 Å². The highest BCUT2D eigenvalue weighted by Gasteiger charge is 2.47. The van der Waals surface area contributed by atoms with Gasteiger partial charge in [0.2, 0.25) is 5.91 Å². The maximum atomic E-state index is 12.4. The molecule has 3 heteroatoms. The molecule has 0 saturated heterocycles. The number of benzene rings is 1. The Morgan fingerprint density at radius 3 is 2.42 bits per heavy atom. The second kappa shape index (κ2) is 3.99. The Kier molecular flexibility index (Phi) is 2.38. The second-order valence-electron chi connectivity index (χ2n) is 6.32. The highest BCUT2D eigenvalue weighted by molar-refractivity contribution is 5.97. The van der Waals surface area contributed by atoms with Crippen LogP contribution < -0.4 is 10.6 Å². The Morgan fingerprint density at radius 2 is 1.79 bits per heavy atom. The monoisotopic (exact) mass is 256 g/mol. The van der Waals surface area contributed by atoms with Crippen molar-refractivity contribution in [2.75, 3.05) is 10.6 Å². The quantitative estimate of drug-likeness (QED) is 0.845. The fraction of sp³-hybridized carbons (Fsp3) is 0.562. The summed E-state index contributed by atoms with van der Waals surface area (Å²) in [4.78, 5) is 14.6. The average molecular weight is 256 g/mol. The van der Waals surface area contributed by atoms with Gasteiger partial charge in [-0.1, -0.05) is 0 Å². The van der Waals surface area contributed by atoms with E-state index in [1.165, 1.54) is 31.2 Å². The van der Waals surface area contributed by atoms with Crippen molar-refractivity contribution in [1.82, 2.24) is 0 Å². The number of hydrogen-bond donors (Lipinski definition) is 1. The van der Waals surface area contributed by atoms with Gasteiger partial charge < -0.3 is 10.6 Å². The molecule has 2 saturated carbocycles. The van der Waals surface area contributed by atoms with E-state index >= 15 is 0 Å². The van der Waals surface area contributed by atoms with Crippen LogP contribution >= 0.6 is 0 Å². The largest absolute Gasteiger partial charge is 0.399 e. The van der Waals surface area contributed by atoms with Gasteiger partial charge in [-0.3, -0.25) is 4.79 Å². The molecule has 2 aliphatic carbocycles. The van der Waals surface area contributed by atoms with Crippen LogP contribution in [0.15, 0.2) is 18.2 Å². The Morgan fingerprint density at radius 1 is 1.11 bits per heavy atom. The van der Waals surface area contributed by atoms with Crippen LogP contribution in [0.3, 0.4) is 0 Å². The molecule has 0 atom stereocenters. The average Bonchev–Trinajstić information content (AvgIpc) is 3.26. The molecule has 1 aromatic rings. The molecule has 1 heterocycles. The summed E-state index contributed by atoms with van der Waals surface area (Å²) >= 11 is 0. The number of nitrogen functional groups attached to an aromatic ring is 1. The molecule has 3 nitrogen and oxygen atoms in total. The van der Waals surface area contributed by atoms with Gasteiger partial charge >= 0.3 is 0 Å². The van der Waals surface area contributed by atoms with Crippen molar-refractivity contribution < 1.29 is 4.79 Å². The first-order chi connectivity index (χ1) is 9.24. The molecular weight excluding hydrogens is 236 g/mol. The van der Waals surface area contributed by atoms with Crippen LogP contribution in [0.4, 0.5) is 11.4 Å². The summed E-state index contributed by atoms with van der Waals surface area (Å²) in [6.07, 6.45) is 6.69. The Hall–Kier alpha value is -1.51. The summed E-state index contributed by atoms with van der Waals surface area (Å²) < 4.78 is 0.